The van der Waals surface area contributed by atoms with Crippen molar-refractivity contribution in [3.63, 3.8) is 0 Å². The van der Waals surface area contributed by atoms with Crippen LogP contribution < -0.4 is 14.8 Å². The van der Waals surface area contributed by atoms with Gasteiger partial charge in [0.1, 0.15) is 0 Å². The average Bonchev–Trinajstić information content (AvgIpc) is 3.45. The van der Waals surface area contributed by atoms with Crippen LogP contribution in [0.25, 0.3) is 11.1 Å². The highest BCUT2D eigenvalue weighted by molar-refractivity contribution is 5.94. The van der Waals surface area contributed by atoms with Crippen LogP contribution in [-0.2, 0) is 4.79 Å². The summed E-state index contributed by atoms with van der Waals surface area (Å²) in [5, 5.41) is 2.97. The summed E-state index contributed by atoms with van der Waals surface area (Å²) >= 11 is 0. The largest absolute Gasteiger partial charge is 0.454 e. The summed E-state index contributed by atoms with van der Waals surface area (Å²) in [7, 11) is 1.88. The Morgan fingerprint density at radius 3 is 2.53 bits per heavy atom. The van der Waals surface area contributed by atoms with Gasteiger partial charge in [0, 0.05) is 31.6 Å². The van der Waals surface area contributed by atoms with E-state index < -0.39 is 0 Å². The summed E-state index contributed by atoms with van der Waals surface area (Å²) in [6.07, 6.45) is 3.46. The molecule has 1 aliphatic carbocycles. The number of nitrogens with one attached hydrogen (secondary N) is 1. The minimum atomic E-state index is 0.0375. The molecule has 0 spiro atoms. The predicted molar refractivity (Wildman–Crippen MR) is 115 cm³/mol. The first-order valence-electron chi connectivity index (χ1n) is 10.6. The van der Waals surface area contributed by atoms with E-state index in [0.29, 0.717) is 24.4 Å². The van der Waals surface area contributed by atoms with Gasteiger partial charge in [0.25, 0.3) is 5.91 Å². The molecule has 4 rings (SSSR count). The first kappa shape index (κ1) is 20.3. The first-order chi connectivity index (χ1) is 14.5. The van der Waals surface area contributed by atoms with Crippen molar-refractivity contribution in [2.24, 2.45) is 5.92 Å². The molecule has 0 aromatic heterocycles. The van der Waals surface area contributed by atoms with E-state index in [-0.39, 0.29) is 24.6 Å². The Kier molecular flexibility index (Phi) is 5.93. The molecule has 0 bridgehead atoms. The van der Waals surface area contributed by atoms with Gasteiger partial charge >= 0.3 is 0 Å². The van der Waals surface area contributed by atoms with Gasteiger partial charge in [-0.05, 0) is 60.6 Å². The van der Waals surface area contributed by atoms with Gasteiger partial charge in [0.05, 0.1) is 0 Å². The Bertz CT molecular complexity index is 925. The predicted octanol–water partition coefficient (Wildman–Crippen LogP) is 3.85. The Hall–Kier alpha value is -3.02. The fraction of sp³-hybridized carbons (Fsp3) is 0.417. The number of nitrogens with zero attached hydrogens (tertiary/aromatic N) is 1. The fourth-order valence-electron chi connectivity index (χ4n) is 4.22. The van der Waals surface area contributed by atoms with Gasteiger partial charge in [0.15, 0.2) is 11.5 Å². The number of hydrogen-bond donors (Lipinski definition) is 1. The number of amides is 2. The summed E-state index contributed by atoms with van der Waals surface area (Å²) in [6, 6.07) is 13.8. The summed E-state index contributed by atoms with van der Waals surface area (Å²) in [6.45, 7) is 2.82. The topological polar surface area (TPSA) is 67.9 Å². The molecule has 0 saturated heterocycles. The van der Waals surface area contributed by atoms with Crippen LogP contribution >= 0.6 is 0 Å². The average molecular weight is 408 g/mol. The fourth-order valence-corrected chi connectivity index (χ4v) is 4.22. The lowest BCUT2D eigenvalue weighted by Gasteiger charge is -2.25. The summed E-state index contributed by atoms with van der Waals surface area (Å²) in [5.41, 5.74) is 2.74. The van der Waals surface area contributed by atoms with Gasteiger partial charge in [-0.3, -0.25) is 9.59 Å². The molecule has 158 valence electrons. The maximum absolute atomic E-state index is 13.0. The molecule has 2 aromatic carbocycles. The van der Waals surface area contributed by atoms with Gasteiger partial charge in [-0.1, -0.05) is 25.1 Å². The van der Waals surface area contributed by atoms with E-state index in [2.05, 4.69) is 5.32 Å². The lowest BCUT2D eigenvalue weighted by atomic mass is 10.0. The van der Waals surface area contributed by atoms with E-state index in [4.69, 9.17) is 9.47 Å². The quantitative estimate of drug-likeness (QED) is 0.788. The molecule has 1 aliphatic heterocycles. The maximum atomic E-state index is 13.0. The van der Waals surface area contributed by atoms with Crippen LogP contribution in [0.4, 0.5) is 0 Å². The highest BCUT2D eigenvalue weighted by Gasteiger charge is 2.30. The molecule has 2 atom stereocenters. The zero-order valence-corrected chi connectivity index (χ0v) is 17.5. The van der Waals surface area contributed by atoms with E-state index >= 15 is 0 Å². The number of hydrogen-bond acceptors (Lipinski definition) is 4. The monoisotopic (exact) mass is 408 g/mol. The van der Waals surface area contributed by atoms with E-state index in [0.717, 1.165) is 41.9 Å². The number of fused-ring (bicyclic) bond motifs is 1. The van der Waals surface area contributed by atoms with Crippen LogP contribution in [-0.4, -0.2) is 43.1 Å². The molecular formula is C24H28N2O4. The molecule has 1 heterocycles. The van der Waals surface area contributed by atoms with Crippen molar-refractivity contribution in [1.29, 1.82) is 0 Å². The minimum absolute atomic E-state index is 0.0375. The number of ether oxygens (including phenoxy) is 2. The van der Waals surface area contributed by atoms with Gasteiger partial charge < -0.3 is 19.7 Å². The summed E-state index contributed by atoms with van der Waals surface area (Å²) < 4.78 is 10.8. The highest BCUT2D eigenvalue weighted by Crippen LogP contribution is 2.36. The Balaban J connectivity index is 1.37. The van der Waals surface area contributed by atoms with Gasteiger partial charge in [-0.25, -0.2) is 0 Å². The van der Waals surface area contributed by atoms with Crippen LogP contribution in [0, 0.1) is 5.92 Å². The third-order valence-corrected chi connectivity index (χ3v) is 6.13. The van der Waals surface area contributed by atoms with Crippen molar-refractivity contribution in [3.05, 3.63) is 48.0 Å². The molecule has 2 aromatic rings. The SMILES string of the molecule is CCC(=O)NCC1CCC(N(C)C(=O)c2ccc(-c3ccc4c(c3)OCO4)cc2)C1. The number of carbonyl (C=O) groups excluding carboxylic acids is 2. The van der Waals surface area contributed by atoms with Crippen LogP contribution in [0.5, 0.6) is 11.5 Å². The Labute approximate surface area is 177 Å². The van der Waals surface area contributed by atoms with Gasteiger partial charge in [0.2, 0.25) is 12.7 Å². The normalized spacial score (nSPS) is 19.5. The standard InChI is InChI=1S/C24H28N2O4/c1-3-23(27)25-14-16-4-10-20(12-16)26(2)24(28)18-7-5-17(6-8-18)19-9-11-21-22(13-19)30-15-29-21/h5-9,11,13,16,20H,3-4,10,12,14-15H2,1-2H3,(H,25,27). The third kappa shape index (κ3) is 4.27. The van der Waals surface area contributed by atoms with Crippen molar-refractivity contribution >= 4 is 11.8 Å². The van der Waals surface area contributed by atoms with Crippen molar-refractivity contribution in [2.75, 3.05) is 20.4 Å². The molecule has 30 heavy (non-hydrogen) atoms. The Morgan fingerprint density at radius 2 is 1.77 bits per heavy atom. The number of carbonyl (C=O) groups is 2. The molecule has 6 heteroatoms. The zero-order valence-electron chi connectivity index (χ0n) is 17.5. The highest BCUT2D eigenvalue weighted by atomic mass is 16.7. The second kappa shape index (κ2) is 8.78. The van der Waals surface area contributed by atoms with E-state index in [1.54, 1.807) is 0 Å². The van der Waals surface area contributed by atoms with Crippen molar-refractivity contribution in [1.82, 2.24) is 10.2 Å². The molecule has 1 saturated carbocycles. The number of rotatable bonds is 6. The summed E-state index contributed by atoms with van der Waals surface area (Å²) in [4.78, 5) is 26.3. The summed E-state index contributed by atoms with van der Waals surface area (Å²) in [5.74, 6) is 2.07. The first-order valence-corrected chi connectivity index (χ1v) is 10.6. The van der Waals surface area contributed by atoms with Gasteiger partial charge in [-0.2, -0.15) is 0 Å². The maximum Gasteiger partial charge on any atom is 0.253 e. The minimum Gasteiger partial charge on any atom is -0.454 e. The number of benzene rings is 2. The van der Waals surface area contributed by atoms with E-state index in [1.807, 2.05) is 61.3 Å². The van der Waals surface area contributed by atoms with Crippen molar-refractivity contribution < 1.29 is 19.1 Å². The molecular weight excluding hydrogens is 380 g/mol. The van der Waals surface area contributed by atoms with Crippen LogP contribution in [0.1, 0.15) is 43.0 Å². The molecule has 2 amide bonds. The van der Waals surface area contributed by atoms with Gasteiger partial charge in [-0.15, -0.1) is 0 Å². The molecule has 1 N–H and O–H groups in total. The molecule has 2 aliphatic rings. The van der Waals surface area contributed by atoms with Crippen LogP contribution in [0.3, 0.4) is 0 Å². The lowest BCUT2D eigenvalue weighted by Crippen LogP contribution is -2.36. The lowest BCUT2D eigenvalue weighted by molar-refractivity contribution is -0.120. The van der Waals surface area contributed by atoms with Crippen molar-refractivity contribution in [2.45, 2.75) is 38.6 Å². The molecule has 6 nitrogen and oxygen atoms in total. The third-order valence-electron chi connectivity index (χ3n) is 6.13. The van der Waals surface area contributed by atoms with Crippen LogP contribution in [0.2, 0.25) is 0 Å². The second-order valence-electron chi connectivity index (χ2n) is 8.05. The smallest absolute Gasteiger partial charge is 0.253 e. The second-order valence-corrected chi connectivity index (χ2v) is 8.05. The molecule has 2 unspecified atom stereocenters. The van der Waals surface area contributed by atoms with Crippen LogP contribution in [0.15, 0.2) is 42.5 Å². The zero-order chi connectivity index (χ0) is 21.1. The molecule has 1 fully saturated rings. The van der Waals surface area contributed by atoms with E-state index in [1.165, 1.54) is 0 Å². The van der Waals surface area contributed by atoms with E-state index in [9.17, 15) is 9.59 Å². The molecule has 0 radical (unpaired) electrons. The Morgan fingerprint density at radius 1 is 1.03 bits per heavy atom. The van der Waals surface area contributed by atoms with Crippen molar-refractivity contribution in [3.8, 4) is 22.6 Å².